The van der Waals surface area contributed by atoms with Crippen LogP contribution >= 0.6 is 11.2 Å². The van der Waals surface area contributed by atoms with Gasteiger partial charge < -0.3 is 13.3 Å². The standard InChI is InChI=1S/C9H24O3SSi2/c1-5-9-13-14-15(10-6-2,11-7-3)12-8-4/h5-9,14H2,1-4H3. The van der Waals surface area contributed by atoms with E-state index < -0.39 is 16.5 Å². The zero-order valence-corrected chi connectivity index (χ0v) is 13.6. The molecule has 0 saturated carbocycles. The summed E-state index contributed by atoms with van der Waals surface area (Å²) in [5, 5.41) is 0. The summed E-state index contributed by atoms with van der Waals surface area (Å²) in [7, 11) is -2.67. The van der Waals surface area contributed by atoms with E-state index >= 15 is 0 Å². The number of hydrogen-bond acceptors (Lipinski definition) is 4. The molecule has 0 heterocycles. The monoisotopic (exact) mass is 268 g/mol. The van der Waals surface area contributed by atoms with Gasteiger partial charge in [0, 0.05) is 19.8 Å². The lowest BCUT2D eigenvalue weighted by Crippen LogP contribution is -2.51. The van der Waals surface area contributed by atoms with Gasteiger partial charge in [-0.2, -0.15) is 11.2 Å². The first kappa shape index (κ1) is 15.7. The minimum Gasteiger partial charge on any atom is -0.377 e. The molecule has 0 atom stereocenters. The van der Waals surface area contributed by atoms with Gasteiger partial charge in [-0.05, 0) is 32.9 Å². The van der Waals surface area contributed by atoms with Crippen molar-refractivity contribution in [2.45, 2.75) is 34.1 Å². The fourth-order valence-corrected chi connectivity index (χ4v) is 14.2. The molecule has 0 aliphatic rings. The topological polar surface area (TPSA) is 27.7 Å². The Labute approximate surface area is 101 Å². The normalized spacial score (nSPS) is 12.8. The molecule has 0 aliphatic carbocycles. The molecule has 0 aromatic carbocycles. The van der Waals surface area contributed by atoms with Crippen LogP contribution in [0.15, 0.2) is 0 Å². The first-order valence-electron chi connectivity index (χ1n) is 5.74. The third kappa shape index (κ3) is 6.75. The zero-order chi connectivity index (χ0) is 11.6. The van der Waals surface area contributed by atoms with Crippen molar-refractivity contribution in [1.29, 1.82) is 0 Å². The molecule has 0 aromatic rings. The molecule has 0 radical (unpaired) electrons. The second-order valence-corrected chi connectivity index (χ2v) is 13.7. The fraction of sp³-hybridized carbons (Fsp3) is 1.00. The molecule has 0 N–H and O–H groups in total. The summed E-state index contributed by atoms with van der Waals surface area (Å²) in [5.74, 6) is 1.20. The van der Waals surface area contributed by atoms with Gasteiger partial charge in [-0.25, -0.2) is 0 Å². The van der Waals surface area contributed by atoms with Gasteiger partial charge >= 0.3 is 8.32 Å². The minimum absolute atomic E-state index is 0.437. The average Bonchev–Trinajstić information content (AvgIpc) is 2.19. The highest BCUT2D eigenvalue weighted by Gasteiger charge is 2.39. The third-order valence-electron chi connectivity index (χ3n) is 1.72. The van der Waals surface area contributed by atoms with Gasteiger partial charge in [-0.3, -0.25) is 0 Å². The van der Waals surface area contributed by atoms with Gasteiger partial charge in [0.15, 0.2) is 8.19 Å². The van der Waals surface area contributed by atoms with Crippen molar-refractivity contribution in [3.8, 4) is 0 Å². The minimum atomic E-state index is -2.23. The lowest BCUT2D eigenvalue weighted by molar-refractivity contribution is 0.0937. The highest BCUT2D eigenvalue weighted by molar-refractivity contribution is 8.27. The van der Waals surface area contributed by atoms with Crippen molar-refractivity contribution in [3.63, 3.8) is 0 Å². The molecule has 0 amide bonds. The summed E-state index contributed by atoms with van der Waals surface area (Å²) in [6.45, 7) is 10.3. The van der Waals surface area contributed by atoms with Crippen LogP contribution in [0.5, 0.6) is 0 Å². The number of hydrogen-bond donors (Lipinski definition) is 0. The highest BCUT2D eigenvalue weighted by atomic mass is 32.4. The highest BCUT2D eigenvalue weighted by Crippen LogP contribution is 2.15. The lowest BCUT2D eigenvalue weighted by atomic mass is 10.6. The van der Waals surface area contributed by atoms with Crippen molar-refractivity contribution in [2.75, 3.05) is 25.6 Å². The van der Waals surface area contributed by atoms with Gasteiger partial charge in [-0.15, -0.1) is 0 Å². The molecule has 0 fully saturated rings. The van der Waals surface area contributed by atoms with Crippen molar-refractivity contribution in [3.05, 3.63) is 0 Å². The third-order valence-corrected chi connectivity index (χ3v) is 14.6. The summed E-state index contributed by atoms with van der Waals surface area (Å²) in [4.78, 5) is 0. The van der Waals surface area contributed by atoms with Gasteiger partial charge in [0.05, 0.1) is 0 Å². The van der Waals surface area contributed by atoms with E-state index in [9.17, 15) is 0 Å². The van der Waals surface area contributed by atoms with Crippen LogP contribution in [0.4, 0.5) is 0 Å². The van der Waals surface area contributed by atoms with Crippen molar-refractivity contribution in [1.82, 2.24) is 0 Å². The Morgan fingerprint density at radius 3 is 1.73 bits per heavy atom. The van der Waals surface area contributed by atoms with E-state index in [1.54, 1.807) is 0 Å². The first-order chi connectivity index (χ1) is 7.24. The Kier molecular flexibility index (Phi) is 10.3. The maximum Gasteiger partial charge on any atom is 0.475 e. The predicted molar refractivity (Wildman–Crippen MR) is 71.9 cm³/mol. The second kappa shape index (κ2) is 9.86. The van der Waals surface area contributed by atoms with Gasteiger partial charge in [0.2, 0.25) is 0 Å². The molecule has 0 bridgehead atoms. The second-order valence-electron chi connectivity index (χ2n) is 3.03. The van der Waals surface area contributed by atoms with Crippen molar-refractivity contribution in [2.24, 2.45) is 0 Å². The van der Waals surface area contributed by atoms with Gasteiger partial charge in [-0.1, -0.05) is 6.92 Å². The van der Waals surface area contributed by atoms with Crippen LogP contribution in [0.1, 0.15) is 34.1 Å². The molecule has 92 valence electrons. The van der Waals surface area contributed by atoms with E-state index in [4.69, 9.17) is 13.3 Å². The molecule has 15 heavy (non-hydrogen) atoms. The van der Waals surface area contributed by atoms with Crippen molar-refractivity contribution >= 4 is 27.7 Å². The maximum absolute atomic E-state index is 5.79. The maximum atomic E-state index is 5.79. The Morgan fingerprint density at radius 1 is 0.933 bits per heavy atom. The smallest absolute Gasteiger partial charge is 0.377 e. The summed E-state index contributed by atoms with van der Waals surface area (Å²) < 4.78 is 17.4. The molecule has 3 nitrogen and oxygen atoms in total. The lowest BCUT2D eigenvalue weighted by Gasteiger charge is -2.28. The van der Waals surface area contributed by atoms with Gasteiger partial charge in [0.1, 0.15) is 0 Å². The van der Waals surface area contributed by atoms with E-state index in [-0.39, 0.29) is 0 Å². The Hall–Kier alpha value is 0.664. The van der Waals surface area contributed by atoms with Crippen LogP contribution in [0.25, 0.3) is 0 Å². The summed E-state index contributed by atoms with van der Waals surface area (Å²) in [5.41, 5.74) is 0. The average molecular weight is 269 g/mol. The summed E-state index contributed by atoms with van der Waals surface area (Å²) in [6, 6.07) is 0. The summed E-state index contributed by atoms with van der Waals surface area (Å²) in [6.07, 6.45) is 1.21. The molecule has 6 heteroatoms. The quantitative estimate of drug-likeness (QED) is 0.446. The van der Waals surface area contributed by atoms with Crippen LogP contribution in [-0.4, -0.2) is 42.1 Å². The molecule has 0 spiro atoms. The largest absolute Gasteiger partial charge is 0.475 e. The van der Waals surface area contributed by atoms with E-state index in [1.165, 1.54) is 12.2 Å². The zero-order valence-electron chi connectivity index (χ0n) is 10.4. The summed E-state index contributed by atoms with van der Waals surface area (Å²) >= 11 is 2.01. The molecule has 0 saturated heterocycles. The molecule has 0 rings (SSSR count). The van der Waals surface area contributed by atoms with Crippen LogP contribution in [0.2, 0.25) is 0 Å². The van der Waals surface area contributed by atoms with E-state index in [2.05, 4.69) is 6.92 Å². The Bertz CT molecular complexity index is 132. The molecule has 0 aromatic heterocycles. The fourth-order valence-electron chi connectivity index (χ4n) is 1.25. The molecular weight excluding hydrogens is 244 g/mol. The van der Waals surface area contributed by atoms with Crippen molar-refractivity contribution < 1.29 is 13.3 Å². The van der Waals surface area contributed by atoms with E-state index in [0.29, 0.717) is 19.8 Å². The molecule has 0 unspecified atom stereocenters. The Morgan fingerprint density at radius 2 is 1.40 bits per heavy atom. The number of rotatable bonds is 10. The van der Waals surface area contributed by atoms with Crippen LogP contribution in [0.3, 0.4) is 0 Å². The predicted octanol–water partition coefficient (Wildman–Crippen LogP) is 1.76. The van der Waals surface area contributed by atoms with E-state index in [1.807, 2.05) is 32.0 Å². The van der Waals surface area contributed by atoms with Gasteiger partial charge in [0.25, 0.3) is 0 Å². The SMILES string of the molecule is CCCS[SiH2][Si](OCC)(OCC)OCC. The molecule has 0 aliphatic heterocycles. The van der Waals surface area contributed by atoms with Crippen LogP contribution in [0, 0.1) is 0 Å². The van der Waals surface area contributed by atoms with Crippen LogP contribution < -0.4 is 0 Å². The molecular formula is C9H24O3SSi2. The first-order valence-corrected chi connectivity index (χ1v) is 12.7. The Balaban J connectivity index is 4.18. The van der Waals surface area contributed by atoms with E-state index in [0.717, 1.165) is 0 Å². The van der Waals surface area contributed by atoms with Crippen LogP contribution in [-0.2, 0) is 13.3 Å².